The highest BCUT2D eigenvalue weighted by Gasteiger charge is 2.44. The number of carboxylic acids is 4. The number of nitrogens with one attached hydrogen (secondary N) is 2. The number of para-hydroxylation sites is 1. The Labute approximate surface area is 408 Å². The summed E-state index contributed by atoms with van der Waals surface area (Å²) >= 11 is 0. The molecule has 0 saturated carbocycles. The van der Waals surface area contributed by atoms with E-state index < -0.39 is 83.9 Å². The van der Waals surface area contributed by atoms with Gasteiger partial charge >= 0.3 is 23.9 Å². The monoisotopic (exact) mass is 992 g/mol. The van der Waals surface area contributed by atoms with Gasteiger partial charge in [0.05, 0.1) is 50.3 Å². The minimum absolute atomic E-state index is 0.0519. The maximum Gasteiger partial charge on any atom is 0.317 e. The number of carbonyl (C=O) groups is 6. The number of hydrogen-bond acceptors (Lipinski definition) is 12. The van der Waals surface area contributed by atoms with Crippen LogP contribution in [0.1, 0.15) is 64.2 Å². The molecule has 0 aromatic heterocycles. The molecule has 0 radical (unpaired) electrons. The van der Waals surface area contributed by atoms with E-state index in [0.717, 1.165) is 33.2 Å². The van der Waals surface area contributed by atoms with E-state index in [2.05, 4.69) is 79.2 Å². The summed E-state index contributed by atoms with van der Waals surface area (Å²) in [6, 6.07) is 13.9. The van der Waals surface area contributed by atoms with Gasteiger partial charge in [0.1, 0.15) is 6.54 Å². The van der Waals surface area contributed by atoms with Crippen molar-refractivity contribution in [2.24, 2.45) is 0 Å². The average Bonchev–Trinajstić information content (AvgIpc) is 3.61. The Morgan fingerprint density at radius 3 is 1.81 bits per heavy atom. The summed E-state index contributed by atoms with van der Waals surface area (Å²) in [7, 11) is -4.02. The van der Waals surface area contributed by atoms with Gasteiger partial charge in [0.25, 0.3) is 16.0 Å². The molecule has 20 nitrogen and oxygen atoms in total. The summed E-state index contributed by atoms with van der Waals surface area (Å²) in [5, 5.41) is 37.1. The molecule has 2 amide bonds. The second-order valence-electron chi connectivity index (χ2n) is 18.1. The van der Waals surface area contributed by atoms with Gasteiger partial charge in [0.15, 0.2) is 5.71 Å². The standard InChI is InChI=1S/C49H65N7O13S/c1-6-55-39-21-20-35(29-42(57)50-51-43(58)30-53(32-45(61)62)25-23-52(31-44(59)60)24-26-54(33-46(63)64)34-47(65)66)28-37(39)49(4,5)40(55)18-10-8-7-9-11-19-41-48(2,3)36-16-12-13-17-38(36)56(41)22-14-15-27-70(67,68)69/h7-13,16-21,28H,6,14-15,22-27,29-34H2,1-5H3,(H6-,50,51,57,58,59,60,61,62,63,64,65,66,67,68,69)/p+1. The minimum atomic E-state index is -4.02. The Bertz CT molecular complexity index is 2520. The molecular formula is C49H66N7O13S+. The van der Waals surface area contributed by atoms with Crippen molar-refractivity contribution >= 4 is 62.9 Å². The Hall–Kier alpha value is -6.52. The molecule has 380 valence electrons. The maximum absolute atomic E-state index is 13.1. The second kappa shape index (κ2) is 25.4. The fourth-order valence-corrected chi connectivity index (χ4v) is 9.30. The van der Waals surface area contributed by atoms with Crippen LogP contribution in [0.5, 0.6) is 0 Å². The van der Waals surface area contributed by atoms with Gasteiger partial charge in [-0.25, -0.2) is 0 Å². The third-order valence-corrected chi connectivity index (χ3v) is 12.8. The summed E-state index contributed by atoms with van der Waals surface area (Å²) < 4.78 is 34.0. The molecular weight excluding hydrogens is 927 g/mol. The van der Waals surface area contributed by atoms with Gasteiger partial charge in [0.2, 0.25) is 11.6 Å². The lowest BCUT2D eigenvalue weighted by atomic mass is 9.81. The van der Waals surface area contributed by atoms with E-state index in [-0.39, 0.29) is 43.8 Å². The number of hydrazine groups is 1. The molecule has 0 aliphatic carbocycles. The number of anilines is 1. The first-order valence-electron chi connectivity index (χ1n) is 22.9. The van der Waals surface area contributed by atoms with Crippen molar-refractivity contribution < 1.29 is 66.7 Å². The number of carboxylic acid groups (broad SMARTS) is 4. The zero-order valence-electron chi connectivity index (χ0n) is 40.3. The van der Waals surface area contributed by atoms with Gasteiger partial charge in [0, 0.05) is 73.6 Å². The Kier molecular flexibility index (Phi) is 20.3. The smallest absolute Gasteiger partial charge is 0.317 e. The molecule has 4 rings (SSSR count). The van der Waals surface area contributed by atoms with E-state index in [9.17, 15) is 52.0 Å². The predicted octanol–water partition coefficient (Wildman–Crippen LogP) is 3.04. The number of hydrogen-bond donors (Lipinski definition) is 7. The summed E-state index contributed by atoms with van der Waals surface area (Å²) in [4.78, 5) is 77.4. The quantitative estimate of drug-likeness (QED) is 0.0212. The molecule has 2 aromatic rings. The normalized spacial score (nSPS) is 15.8. The molecule has 2 heterocycles. The summed E-state index contributed by atoms with van der Waals surface area (Å²) in [6.07, 6.45) is 14.8. The van der Waals surface area contributed by atoms with Crippen molar-refractivity contribution in [3.05, 3.63) is 107 Å². The third-order valence-electron chi connectivity index (χ3n) is 12.0. The van der Waals surface area contributed by atoms with E-state index in [4.69, 9.17) is 10.2 Å². The highest BCUT2D eigenvalue weighted by Crippen LogP contribution is 2.48. The molecule has 2 aliphatic heterocycles. The number of allylic oxidation sites excluding steroid dienone is 8. The number of carbonyl (C=O) groups excluding carboxylic acids is 2. The van der Waals surface area contributed by atoms with Crippen molar-refractivity contribution in [1.29, 1.82) is 0 Å². The topological polar surface area (TPSA) is 278 Å². The number of nitrogens with zero attached hydrogens (tertiary/aromatic N) is 5. The SMILES string of the molecule is CCN1C(=CC=CC=CC=CC2=[N+](CCCCS(=O)(=O)O)c3ccccc3C2(C)C)C(C)(C)c2cc(CC(=O)NNC(=O)CN(CCN(CCN(CC(=O)O)CC(=O)O)CC(=O)O)CC(=O)O)ccc21. The fraction of sp³-hybridized carbons (Fsp3) is 0.449. The lowest BCUT2D eigenvalue weighted by Gasteiger charge is -2.27. The summed E-state index contributed by atoms with van der Waals surface area (Å²) in [5.41, 5.74) is 11.1. The first-order chi connectivity index (χ1) is 32.9. The van der Waals surface area contributed by atoms with E-state index in [1.807, 2.05) is 60.7 Å². The van der Waals surface area contributed by atoms with E-state index in [1.165, 1.54) is 15.4 Å². The molecule has 0 unspecified atom stereocenters. The molecule has 0 saturated heterocycles. The van der Waals surface area contributed by atoms with Crippen molar-refractivity contribution in [2.45, 2.75) is 64.7 Å². The van der Waals surface area contributed by atoms with Crippen LogP contribution in [0, 0.1) is 0 Å². The predicted molar refractivity (Wildman–Crippen MR) is 263 cm³/mol. The summed E-state index contributed by atoms with van der Waals surface area (Å²) in [6.45, 7) is 8.85. The fourth-order valence-electron chi connectivity index (χ4n) is 8.74. The van der Waals surface area contributed by atoms with Crippen LogP contribution in [0.4, 0.5) is 11.4 Å². The van der Waals surface area contributed by atoms with Gasteiger partial charge in [-0.3, -0.25) is 58.9 Å². The lowest BCUT2D eigenvalue weighted by Crippen LogP contribution is -2.49. The van der Waals surface area contributed by atoms with Crippen molar-refractivity contribution in [1.82, 2.24) is 25.6 Å². The maximum atomic E-state index is 13.1. The van der Waals surface area contributed by atoms with Gasteiger partial charge in [-0.2, -0.15) is 13.0 Å². The van der Waals surface area contributed by atoms with Crippen LogP contribution in [-0.4, -0.2) is 172 Å². The van der Waals surface area contributed by atoms with Crippen LogP contribution >= 0.6 is 0 Å². The molecule has 0 spiro atoms. The molecule has 2 aliphatic rings. The van der Waals surface area contributed by atoms with Gasteiger partial charge in [-0.05, 0) is 50.5 Å². The first-order valence-corrected chi connectivity index (χ1v) is 24.5. The molecule has 70 heavy (non-hydrogen) atoms. The molecule has 0 bridgehead atoms. The minimum Gasteiger partial charge on any atom is -0.480 e. The molecule has 2 aromatic carbocycles. The number of amides is 2. The first kappa shape index (κ1) is 56.1. The number of likely N-dealkylation sites (N-methyl/N-ethyl adjacent to an activating group) is 1. The largest absolute Gasteiger partial charge is 0.480 e. The van der Waals surface area contributed by atoms with Crippen LogP contribution in [0.25, 0.3) is 0 Å². The molecule has 0 fully saturated rings. The van der Waals surface area contributed by atoms with Gasteiger partial charge in [-0.1, -0.05) is 74.6 Å². The van der Waals surface area contributed by atoms with Crippen LogP contribution in [0.15, 0.2) is 90.7 Å². The Morgan fingerprint density at radius 2 is 1.21 bits per heavy atom. The molecule has 21 heteroatoms. The number of benzene rings is 2. The van der Waals surface area contributed by atoms with Crippen LogP contribution < -0.4 is 15.8 Å². The number of unbranched alkanes of at least 4 members (excludes halogenated alkanes) is 1. The van der Waals surface area contributed by atoms with Crippen LogP contribution in [0.3, 0.4) is 0 Å². The Balaban J connectivity index is 1.36. The lowest BCUT2D eigenvalue weighted by molar-refractivity contribution is -0.438. The van der Waals surface area contributed by atoms with Crippen LogP contribution in [0.2, 0.25) is 0 Å². The average molecular weight is 993 g/mol. The van der Waals surface area contributed by atoms with Crippen molar-refractivity contribution in [2.75, 3.05) is 82.6 Å². The zero-order valence-corrected chi connectivity index (χ0v) is 41.2. The Morgan fingerprint density at radius 1 is 0.671 bits per heavy atom. The van der Waals surface area contributed by atoms with Crippen molar-refractivity contribution in [3.63, 3.8) is 0 Å². The van der Waals surface area contributed by atoms with Crippen molar-refractivity contribution in [3.8, 4) is 0 Å². The summed E-state index contributed by atoms with van der Waals surface area (Å²) in [5.74, 6) is -6.54. The zero-order chi connectivity index (χ0) is 51.8. The van der Waals surface area contributed by atoms with E-state index >= 15 is 0 Å². The van der Waals surface area contributed by atoms with E-state index in [1.54, 1.807) is 0 Å². The van der Waals surface area contributed by atoms with E-state index in [0.29, 0.717) is 31.5 Å². The third kappa shape index (κ3) is 16.6. The number of aliphatic carboxylic acids is 4. The molecule has 7 N–H and O–H groups in total. The highest BCUT2D eigenvalue weighted by molar-refractivity contribution is 7.85. The molecule has 0 atom stereocenters. The number of rotatable bonds is 28. The van der Waals surface area contributed by atoms with Gasteiger partial charge in [-0.15, -0.1) is 0 Å². The highest BCUT2D eigenvalue weighted by atomic mass is 32.2. The second-order valence-corrected chi connectivity index (χ2v) is 19.7. The van der Waals surface area contributed by atoms with Gasteiger partial charge < -0.3 is 25.3 Å². The van der Waals surface area contributed by atoms with Crippen LogP contribution in [-0.2, 0) is 56.1 Å². The number of fused-ring (bicyclic) bond motifs is 2.